The molecule has 0 radical (unpaired) electrons. The minimum Gasteiger partial charge on any atom is -0.461 e. The Morgan fingerprint density at radius 3 is 2.50 bits per heavy atom. The highest BCUT2D eigenvalue weighted by atomic mass is 16.5. The molecular formula is C23H21N3O4. The zero-order valence-corrected chi connectivity index (χ0v) is 17.0. The van der Waals surface area contributed by atoms with Crippen LogP contribution in [0.1, 0.15) is 33.3 Å². The molecule has 2 atom stereocenters. The number of nitrogens with zero attached hydrogens (tertiary/aromatic N) is 3. The van der Waals surface area contributed by atoms with E-state index in [0.29, 0.717) is 11.3 Å². The van der Waals surface area contributed by atoms with Gasteiger partial charge in [0.25, 0.3) is 0 Å². The van der Waals surface area contributed by atoms with Gasteiger partial charge in [-0.05, 0) is 42.8 Å². The Kier molecular flexibility index (Phi) is 5.03. The van der Waals surface area contributed by atoms with Crippen LogP contribution in [0, 0.1) is 11.8 Å². The summed E-state index contributed by atoms with van der Waals surface area (Å²) in [6.45, 7) is 1.89. The first-order valence-electron chi connectivity index (χ1n) is 9.71. The smallest absolute Gasteiger partial charge is 0.356 e. The molecule has 0 spiro atoms. The van der Waals surface area contributed by atoms with Gasteiger partial charge in [0, 0.05) is 31.5 Å². The minimum absolute atomic E-state index is 0.0401. The number of aromatic nitrogens is 1. The number of allylic oxidation sites excluding steroid dienone is 1. The zero-order valence-electron chi connectivity index (χ0n) is 17.0. The van der Waals surface area contributed by atoms with Gasteiger partial charge in [-0.1, -0.05) is 12.1 Å². The van der Waals surface area contributed by atoms with Crippen molar-refractivity contribution in [2.45, 2.75) is 6.92 Å². The molecule has 2 aromatic rings. The number of benzene rings is 1. The summed E-state index contributed by atoms with van der Waals surface area (Å²) in [6, 6.07) is 10.7. The number of ketones is 2. The van der Waals surface area contributed by atoms with Crippen molar-refractivity contribution in [3.63, 3.8) is 0 Å². The molecule has 2 heterocycles. The number of hydrogen-bond donors (Lipinski definition) is 0. The number of esters is 1. The molecule has 1 aliphatic carbocycles. The quantitative estimate of drug-likeness (QED) is 0.730. The van der Waals surface area contributed by atoms with E-state index in [9.17, 15) is 14.4 Å². The number of anilines is 1. The Hall–Kier alpha value is -3.61. The van der Waals surface area contributed by atoms with E-state index in [-0.39, 0.29) is 35.1 Å². The van der Waals surface area contributed by atoms with Crippen molar-refractivity contribution in [2.24, 2.45) is 16.8 Å². The number of hydrogen-bond acceptors (Lipinski definition) is 7. The van der Waals surface area contributed by atoms with E-state index in [4.69, 9.17) is 4.74 Å². The molecule has 4 rings (SSSR count). The maximum atomic E-state index is 13.3. The van der Waals surface area contributed by atoms with Crippen molar-refractivity contribution >= 4 is 28.9 Å². The minimum atomic E-state index is -0.830. The molecule has 1 aromatic carbocycles. The van der Waals surface area contributed by atoms with E-state index in [1.807, 2.05) is 43.3 Å². The Labute approximate surface area is 174 Å². The van der Waals surface area contributed by atoms with Crippen LogP contribution in [-0.4, -0.2) is 48.9 Å². The van der Waals surface area contributed by atoms with E-state index >= 15 is 0 Å². The number of carbonyl (C=O) groups is 3. The first-order valence-corrected chi connectivity index (χ1v) is 9.71. The lowest BCUT2D eigenvalue weighted by Gasteiger charge is -2.32. The second-order valence-electron chi connectivity index (χ2n) is 7.34. The number of fused-ring (bicyclic) bond motifs is 2. The summed E-state index contributed by atoms with van der Waals surface area (Å²) in [5.74, 6) is -2.79. The van der Waals surface area contributed by atoms with Gasteiger partial charge in [0.05, 0.1) is 24.2 Å². The first-order chi connectivity index (χ1) is 14.4. The van der Waals surface area contributed by atoms with E-state index in [1.165, 1.54) is 12.3 Å². The van der Waals surface area contributed by atoms with Gasteiger partial charge < -0.3 is 9.64 Å². The molecule has 2 aliphatic rings. The number of rotatable bonds is 4. The first kappa shape index (κ1) is 19.7. The van der Waals surface area contributed by atoms with Crippen molar-refractivity contribution < 1.29 is 19.1 Å². The molecule has 0 fully saturated rings. The van der Waals surface area contributed by atoms with Crippen molar-refractivity contribution in [1.82, 2.24) is 4.98 Å². The van der Waals surface area contributed by atoms with Crippen LogP contribution >= 0.6 is 0 Å². The molecule has 0 amide bonds. The lowest BCUT2D eigenvalue weighted by atomic mass is 9.70. The average molecular weight is 403 g/mol. The summed E-state index contributed by atoms with van der Waals surface area (Å²) in [6.07, 6.45) is 2.95. The predicted molar refractivity (Wildman–Crippen MR) is 112 cm³/mol. The maximum absolute atomic E-state index is 13.3. The molecule has 0 saturated heterocycles. The second-order valence-corrected chi connectivity index (χ2v) is 7.34. The van der Waals surface area contributed by atoms with Crippen LogP contribution in [0.25, 0.3) is 0 Å². The number of carbonyl (C=O) groups excluding carboxylic acids is 3. The number of pyridine rings is 1. The molecule has 0 bridgehead atoms. The van der Waals surface area contributed by atoms with Crippen molar-refractivity contribution in [3.05, 3.63) is 71.2 Å². The van der Waals surface area contributed by atoms with Gasteiger partial charge in [0.2, 0.25) is 0 Å². The third-order valence-electron chi connectivity index (χ3n) is 5.29. The predicted octanol–water partition coefficient (Wildman–Crippen LogP) is 2.71. The van der Waals surface area contributed by atoms with E-state index in [1.54, 1.807) is 19.1 Å². The highest BCUT2D eigenvalue weighted by molar-refractivity contribution is 6.27. The highest BCUT2D eigenvalue weighted by Crippen LogP contribution is 2.37. The molecule has 152 valence electrons. The summed E-state index contributed by atoms with van der Waals surface area (Å²) in [5, 5.41) is 0. The molecular weight excluding hydrogens is 382 g/mol. The van der Waals surface area contributed by atoms with Gasteiger partial charge >= 0.3 is 5.97 Å². The van der Waals surface area contributed by atoms with Crippen LogP contribution < -0.4 is 4.90 Å². The van der Waals surface area contributed by atoms with Crippen LogP contribution in [0.5, 0.6) is 0 Å². The van der Waals surface area contributed by atoms with Gasteiger partial charge in [-0.3, -0.25) is 14.6 Å². The van der Waals surface area contributed by atoms with E-state index in [2.05, 4.69) is 9.98 Å². The van der Waals surface area contributed by atoms with E-state index in [0.717, 1.165) is 5.69 Å². The molecule has 1 aromatic heterocycles. The van der Waals surface area contributed by atoms with Crippen molar-refractivity contribution in [3.8, 4) is 0 Å². The normalized spacial score (nSPS) is 20.0. The monoisotopic (exact) mass is 403 g/mol. The molecule has 1 aliphatic heterocycles. The van der Waals surface area contributed by atoms with Gasteiger partial charge in [-0.25, -0.2) is 9.79 Å². The second kappa shape index (κ2) is 7.67. The zero-order chi connectivity index (χ0) is 21.4. The lowest BCUT2D eigenvalue weighted by molar-refractivity contribution is -0.138. The summed E-state index contributed by atoms with van der Waals surface area (Å²) in [5.41, 5.74) is 2.49. The standard InChI is InChI=1S/C23H21N3O4/c1-4-30-23(29)17-12-16-18(22(28)20-15(21(16)27)6-5-11-24-20)19(25-17)13-7-9-14(10-8-13)26(2)3/h5-12,16,18H,4H2,1-3H3. The molecule has 0 N–H and O–H groups in total. The molecule has 7 nitrogen and oxygen atoms in total. The molecule has 30 heavy (non-hydrogen) atoms. The van der Waals surface area contributed by atoms with Gasteiger partial charge in [0.1, 0.15) is 11.4 Å². The summed E-state index contributed by atoms with van der Waals surface area (Å²) in [4.78, 5) is 49.5. The van der Waals surface area contributed by atoms with E-state index < -0.39 is 17.8 Å². The third kappa shape index (κ3) is 3.22. The van der Waals surface area contributed by atoms with Crippen LogP contribution in [0.15, 0.2) is 59.4 Å². The number of Topliss-reactive ketones (excluding diaryl/α,β-unsaturated/α-hetero) is 2. The van der Waals surface area contributed by atoms with Crippen molar-refractivity contribution in [2.75, 3.05) is 25.6 Å². The van der Waals surface area contributed by atoms with Crippen LogP contribution in [-0.2, 0) is 9.53 Å². The van der Waals surface area contributed by atoms with Crippen LogP contribution in [0.4, 0.5) is 5.69 Å². The van der Waals surface area contributed by atoms with Gasteiger partial charge in [-0.15, -0.1) is 0 Å². The summed E-state index contributed by atoms with van der Waals surface area (Å²) < 4.78 is 5.10. The lowest BCUT2D eigenvalue weighted by Crippen LogP contribution is -2.43. The van der Waals surface area contributed by atoms with Gasteiger partial charge in [-0.2, -0.15) is 0 Å². The summed E-state index contributed by atoms with van der Waals surface area (Å²) in [7, 11) is 3.85. The summed E-state index contributed by atoms with van der Waals surface area (Å²) >= 11 is 0. The number of aliphatic imine (C=N–C) groups is 1. The van der Waals surface area contributed by atoms with Crippen LogP contribution in [0.2, 0.25) is 0 Å². The average Bonchev–Trinajstić information content (AvgIpc) is 2.77. The molecule has 7 heteroatoms. The molecule has 0 saturated carbocycles. The molecule has 2 unspecified atom stereocenters. The topological polar surface area (TPSA) is 88.9 Å². The SMILES string of the molecule is CCOC(=O)C1=CC2C(=O)c3cccnc3C(=O)C2C(c2ccc(N(C)C)cc2)=N1. The fourth-order valence-electron chi connectivity index (χ4n) is 3.81. The Bertz CT molecular complexity index is 1100. The van der Waals surface area contributed by atoms with Gasteiger partial charge in [0.15, 0.2) is 11.6 Å². The fraction of sp³-hybridized carbons (Fsp3) is 0.261. The Morgan fingerprint density at radius 1 is 1.10 bits per heavy atom. The fourth-order valence-corrected chi connectivity index (χ4v) is 3.81. The highest BCUT2D eigenvalue weighted by Gasteiger charge is 2.46. The van der Waals surface area contributed by atoms with Crippen LogP contribution in [0.3, 0.4) is 0 Å². The van der Waals surface area contributed by atoms with Crippen molar-refractivity contribution in [1.29, 1.82) is 0 Å². The maximum Gasteiger partial charge on any atom is 0.356 e. The Morgan fingerprint density at radius 2 is 1.83 bits per heavy atom. The third-order valence-corrected chi connectivity index (χ3v) is 5.29. The number of ether oxygens (including phenoxy) is 1. The Balaban J connectivity index is 1.86. The largest absolute Gasteiger partial charge is 0.461 e.